The molecule has 1 unspecified atom stereocenters. The summed E-state index contributed by atoms with van der Waals surface area (Å²) in [7, 11) is 0. The van der Waals surface area contributed by atoms with E-state index in [9.17, 15) is 19.5 Å². The number of hydrogen-bond acceptors (Lipinski definition) is 8. The van der Waals surface area contributed by atoms with E-state index in [1.807, 2.05) is 19.9 Å². The molecule has 1 amide bonds. The Morgan fingerprint density at radius 3 is 2.58 bits per heavy atom. The summed E-state index contributed by atoms with van der Waals surface area (Å²) in [6.07, 6.45) is 1.42. The van der Waals surface area contributed by atoms with Gasteiger partial charge in [0.1, 0.15) is 23.0 Å². The highest BCUT2D eigenvalue weighted by molar-refractivity contribution is 9.10. The van der Waals surface area contributed by atoms with Crippen molar-refractivity contribution < 1.29 is 29.0 Å². The number of hydrogen-bond donors (Lipinski definition) is 1. The lowest BCUT2D eigenvalue weighted by Crippen LogP contribution is -2.29. The van der Waals surface area contributed by atoms with Crippen molar-refractivity contribution in [2.75, 3.05) is 11.5 Å². The third-order valence-corrected chi connectivity index (χ3v) is 7.25. The fraction of sp³-hybridized carbons (Fsp3) is 0.214. The molecule has 1 aliphatic rings. The standard InChI is InChI=1S/C28H25BrN2O6S/c1-5-13-36-27(35)25-16(4)30-28(38-25)31-22(18-7-6-8-19(29)14-18)21(24(33)26(31)34)23(32)17-9-11-20(12-10-17)37-15(2)3/h5-12,14-15,22,32H,1,13H2,2-4H3/b23-21+. The number of nitrogens with zero attached hydrogens (tertiary/aromatic N) is 2. The van der Waals surface area contributed by atoms with Gasteiger partial charge in [0, 0.05) is 10.0 Å². The average Bonchev–Trinajstić information content (AvgIpc) is 3.39. The Kier molecular flexibility index (Phi) is 8.13. The molecule has 1 aromatic heterocycles. The Labute approximate surface area is 232 Å². The van der Waals surface area contributed by atoms with E-state index in [0.29, 0.717) is 22.6 Å². The molecule has 0 bridgehead atoms. The first kappa shape index (κ1) is 27.3. The van der Waals surface area contributed by atoms with Gasteiger partial charge < -0.3 is 14.6 Å². The Morgan fingerprint density at radius 1 is 1.24 bits per heavy atom. The van der Waals surface area contributed by atoms with E-state index in [4.69, 9.17) is 9.47 Å². The van der Waals surface area contributed by atoms with E-state index in [-0.39, 0.29) is 34.1 Å². The topological polar surface area (TPSA) is 106 Å². The summed E-state index contributed by atoms with van der Waals surface area (Å²) >= 11 is 4.38. The van der Waals surface area contributed by atoms with Gasteiger partial charge in [0.2, 0.25) is 0 Å². The van der Waals surface area contributed by atoms with Gasteiger partial charge in [0.15, 0.2) is 5.13 Å². The number of ether oxygens (including phenoxy) is 2. The zero-order valence-corrected chi connectivity index (χ0v) is 23.3. The summed E-state index contributed by atoms with van der Waals surface area (Å²) < 4.78 is 11.5. The maximum absolute atomic E-state index is 13.4. The van der Waals surface area contributed by atoms with Crippen LogP contribution in [0.15, 0.2) is 71.2 Å². The van der Waals surface area contributed by atoms with Crippen LogP contribution in [0.25, 0.3) is 5.76 Å². The lowest BCUT2D eigenvalue weighted by Gasteiger charge is -2.23. The highest BCUT2D eigenvalue weighted by Gasteiger charge is 2.48. The van der Waals surface area contributed by atoms with Crippen molar-refractivity contribution in [3.05, 3.63) is 92.9 Å². The second-order valence-electron chi connectivity index (χ2n) is 8.71. The number of carbonyl (C=O) groups excluding carboxylic acids is 3. The molecule has 8 nitrogen and oxygen atoms in total. The molecule has 0 radical (unpaired) electrons. The molecule has 1 saturated heterocycles. The van der Waals surface area contributed by atoms with Crippen LogP contribution < -0.4 is 9.64 Å². The van der Waals surface area contributed by atoms with Crippen LogP contribution in [0.5, 0.6) is 5.75 Å². The largest absolute Gasteiger partial charge is 0.507 e. The molecule has 10 heteroatoms. The van der Waals surface area contributed by atoms with Crippen molar-refractivity contribution in [3.8, 4) is 5.75 Å². The fourth-order valence-corrected chi connectivity index (χ4v) is 5.42. The second kappa shape index (κ2) is 11.3. The van der Waals surface area contributed by atoms with E-state index in [1.165, 1.54) is 11.0 Å². The van der Waals surface area contributed by atoms with Gasteiger partial charge in [-0.3, -0.25) is 14.5 Å². The number of aryl methyl sites for hydroxylation is 1. The van der Waals surface area contributed by atoms with E-state index in [0.717, 1.165) is 15.8 Å². The number of ketones is 1. The van der Waals surface area contributed by atoms with Crippen LogP contribution in [0, 0.1) is 6.92 Å². The van der Waals surface area contributed by atoms with Gasteiger partial charge in [-0.25, -0.2) is 9.78 Å². The first-order valence-corrected chi connectivity index (χ1v) is 13.3. The molecule has 1 atom stereocenters. The van der Waals surface area contributed by atoms with Crippen LogP contribution in [-0.4, -0.2) is 40.5 Å². The third kappa shape index (κ3) is 5.41. The first-order chi connectivity index (χ1) is 18.1. The number of carbonyl (C=O) groups is 3. The van der Waals surface area contributed by atoms with Gasteiger partial charge in [-0.05, 0) is 62.7 Å². The number of amides is 1. The van der Waals surface area contributed by atoms with Crippen LogP contribution in [0.3, 0.4) is 0 Å². The number of Topliss-reactive ketones (excluding diaryl/α,β-unsaturated/α-hetero) is 1. The summed E-state index contributed by atoms with van der Waals surface area (Å²) in [5, 5.41) is 11.5. The molecule has 0 spiro atoms. The van der Waals surface area contributed by atoms with E-state index in [2.05, 4.69) is 27.5 Å². The molecule has 1 N–H and O–H groups in total. The Morgan fingerprint density at radius 2 is 1.95 bits per heavy atom. The van der Waals surface area contributed by atoms with Crippen molar-refractivity contribution in [3.63, 3.8) is 0 Å². The smallest absolute Gasteiger partial charge is 0.350 e. The summed E-state index contributed by atoms with van der Waals surface area (Å²) in [6, 6.07) is 12.7. The number of aliphatic hydroxyl groups excluding tert-OH is 1. The van der Waals surface area contributed by atoms with Gasteiger partial charge >= 0.3 is 11.9 Å². The highest BCUT2D eigenvalue weighted by atomic mass is 79.9. The number of halogens is 1. The molecule has 38 heavy (non-hydrogen) atoms. The van der Waals surface area contributed by atoms with Crippen molar-refractivity contribution >= 4 is 55.8 Å². The molecule has 4 rings (SSSR count). The zero-order valence-electron chi connectivity index (χ0n) is 20.9. The molecular weight excluding hydrogens is 572 g/mol. The van der Waals surface area contributed by atoms with Crippen LogP contribution >= 0.6 is 27.3 Å². The second-order valence-corrected chi connectivity index (χ2v) is 10.6. The van der Waals surface area contributed by atoms with Crippen molar-refractivity contribution in [1.29, 1.82) is 0 Å². The van der Waals surface area contributed by atoms with Gasteiger partial charge in [0.25, 0.3) is 5.78 Å². The maximum Gasteiger partial charge on any atom is 0.350 e. The van der Waals surface area contributed by atoms with Crippen LogP contribution in [0.2, 0.25) is 0 Å². The normalized spacial score (nSPS) is 16.7. The van der Waals surface area contributed by atoms with E-state index < -0.39 is 23.7 Å². The van der Waals surface area contributed by atoms with E-state index in [1.54, 1.807) is 49.4 Å². The number of esters is 1. The van der Waals surface area contributed by atoms with Gasteiger partial charge in [-0.15, -0.1) is 0 Å². The van der Waals surface area contributed by atoms with E-state index >= 15 is 0 Å². The Bertz CT molecular complexity index is 1440. The summed E-state index contributed by atoms with van der Waals surface area (Å²) in [4.78, 5) is 45.1. The molecule has 1 aliphatic heterocycles. The SMILES string of the molecule is C=CCOC(=O)c1sc(N2C(=O)C(=O)/C(=C(/O)c3ccc(OC(C)C)cc3)C2c2cccc(Br)c2)nc1C. The minimum absolute atomic E-state index is 0.0229. The fourth-order valence-electron chi connectivity index (χ4n) is 4.02. The lowest BCUT2D eigenvalue weighted by atomic mass is 9.95. The van der Waals surface area contributed by atoms with Crippen molar-refractivity contribution in [2.45, 2.75) is 32.9 Å². The monoisotopic (exact) mass is 596 g/mol. The molecule has 2 aromatic carbocycles. The predicted molar refractivity (Wildman–Crippen MR) is 148 cm³/mol. The van der Waals surface area contributed by atoms with Crippen molar-refractivity contribution in [2.24, 2.45) is 0 Å². The molecule has 1 fully saturated rings. The van der Waals surface area contributed by atoms with Gasteiger partial charge in [0.05, 0.1) is 23.4 Å². The van der Waals surface area contributed by atoms with Crippen LogP contribution in [0.4, 0.5) is 5.13 Å². The minimum atomic E-state index is -0.985. The Balaban J connectivity index is 1.84. The average molecular weight is 597 g/mol. The maximum atomic E-state index is 13.4. The molecule has 0 aliphatic carbocycles. The Hall–Kier alpha value is -3.76. The third-order valence-electron chi connectivity index (χ3n) is 5.62. The number of aromatic nitrogens is 1. The minimum Gasteiger partial charge on any atom is -0.507 e. The number of anilines is 1. The molecule has 0 saturated carbocycles. The lowest BCUT2D eigenvalue weighted by molar-refractivity contribution is -0.132. The molecule has 2 heterocycles. The number of rotatable bonds is 8. The predicted octanol–water partition coefficient (Wildman–Crippen LogP) is 5.97. The molecular formula is C28H25BrN2O6S. The molecule has 3 aromatic rings. The summed E-state index contributed by atoms with van der Waals surface area (Å²) in [6.45, 7) is 8.98. The summed E-state index contributed by atoms with van der Waals surface area (Å²) in [5.41, 5.74) is 1.19. The molecule has 196 valence electrons. The summed E-state index contributed by atoms with van der Waals surface area (Å²) in [5.74, 6) is -2.05. The van der Waals surface area contributed by atoms with Crippen LogP contribution in [0.1, 0.15) is 46.4 Å². The number of benzene rings is 2. The van der Waals surface area contributed by atoms with Crippen LogP contribution in [-0.2, 0) is 14.3 Å². The number of aliphatic hydroxyl groups is 1. The zero-order chi connectivity index (χ0) is 27.6. The van der Waals surface area contributed by atoms with Gasteiger partial charge in [-0.2, -0.15) is 0 Å². The quantitative estimate of drug-likeness (QED) is 0.112. The van der Waals surface area contributed by atoms with Gasteiger partial charge in [-0.1, -0.05) is 52.1 Å². The number of thiazole rings is 1. The van der Waals surface area contributed by atoms with Crippen molar-refractivity contribution in [1.82, 2.24) is 4.98 Å². The highest BCUT2D eigenvalue weighted by Crippen LogP contribution is 2.44. The first-order valence-electron chi connectivity index (χ1n) is 11.7.